The van der Waals surface area contributed by atoms with Crippen molar-refractivity contribution in [1.82, 2.24) is 10.1 Å². The van der Waals surface area contributed by atoms with Gasteiger partial charge in [0.25, 0.3) is 5.89 Å². The Balaban J connectivity index is 2.52. The largest absolute Gasteiger partial charge is 0.333 e. The quantitative estimate of drug-likeness (QED) is 0.757. The van der Waals surface area contributed by atoms with Crippen LogP contribution in [0.25, 0.3) is 11.5 Å². The van der Waals surface area contributed by atoms with Gasteiger partial charge in [-0.3, -0.25) is 0 Å². The van der Waals surface area contributed by atoms with Gasteiger partial charge in [-0.05, 0) is 12.1 Å². The maximum atomic E-state index is 13.2. The fraction of sp³-hybridized carbons (Fsp3) is 0. The van der Waals surface area contributed by atoms with E-state index in [9.17, 15) is 4.39 Å². The molecule has 0 fully saturated rings. The number of hydrogen-bond donors (Lipinski definition) is 0. The van der Waals surface area contributed by atoms with Crippen LogP contribution in [0, 0.1) is 9.65 Å². The molecule has 0 N–H and O–H groups in total. The first-order valence-corrected chi connectivity index (χ1v) is 4.59. The third-order valence-corrected chi connectivity index (χ3v) is 1.94. The Bertz CT molecular complexity index is 430. The zero-order valence-electron chi connectivity index (χ0n) is 6.37. The molecule has 0 amide bonds. The molecule has 3 nitrogen and oxygen atoms in total. The van der Waals surface area contributed by atoms with E-state index in [-0.39, 0.29) is 11.7 Å². The highest BCUT2D eigenvalue weighted by Crippen LogP contribution is 2.20. The van der Waals surface area contributed by atoms with Crippen molar-refractivity contribution in [3.8, 4) is 11.5 Å². The van der Waals surface area contributed by atoms with Gasteiger partial charge < -0.3 is 4.52 Å². The van der Waals surface area contributed by atoms with Crippen molar-refractivity contribution in [2.75, 3.05) is 0 Å². The van der Waals surface area contributed by atoms with Gasteiger partial charge in [0, 0.05) is 22.6 Å². The Kier molecular flexibility index (Phi) is 2.26. The summed E-state index contributed by atoms with van der Waals surface area (Å²) in [6, 6.07) is 6.28. The second-order valence-electron chi connectivity index (χ2n) is 2.35. The van der Waals surface area contributed by atoms with Crippen molar-refractivity contribution in [3.05, 3.63) is 33.9 Å². The third-order valence-electron chi connectivity index (χ3n) is 1.51. The van der Waals surface area contributed by atoms with E-state index in [0.717, 1.165) is 0 Å². The lowest BCUT2D eigenvalue weighted by molar-refractivity contribution is 0.423. The van der Waals surface area contributed by atoms with E-state index in [4.69, 9.17) is 4.52 Å². The summed E-state index contributed by atoms with van der Waals surface area (Å²) in [7, 11) is 0. The molecule has 0 atom stereocenters. The van der Waals surface area contributed by atoms with Gasteiger partial charge in [-0.2, -0.15) is 4.98 Å². The molecule has 0 unspecified atom stereocenters. The Morgan fingerprint density at radius 2 is 2.08 bits per heavy atom. The van der Waals surface area contributed by atoms with Gasteiger partial charge in [0.2, 0.25) is 3.83 Å². The topological polar surface area (TPSA) is 38.9 Å². The Morgan fingerprint density at radius 3 is 2.69 bits per heavy atom. The number of rotatable bonds is 1. The summed E-state index contributed by atoms with van der Waals surface area (Å²) < 4.78 is 18.4. The molecular weight excluding hydrogens is 286 g/mol. The molecule has 0 radical (unpaired) electrons. The molecule has 13 heavy (non-hydrogen) atoms. The van der Waals surface area contributed by atoms with E-state index in [1.807, 2.05) is 22.6 Å². The van der Waals surface area contributed by atoms with Crippen LogP contribution in [0.15, 0.2) is 28.8 Å². The van der Waals surface area contributed by atoms with Crippen molar-refractivity contribution in [3.63, 3.8) is 0 Å². The predicted molar refractivity (Wildman–Crippen MR) is 52.4 cm³/mol. The molecule has 1 aromatic carbocycles. The normalized spacial score (nSPS) is 10.3. The Labute approximate surface area is 87.1 Å². The summed E-state index contributed by atoms with van der Waals surface area (Å²) >= 11 is 1.90. The van der Waals surface area contributed by atoms with Crippen molar-refractivity contribution in [2.45, 2.75) is 0 Å². The number of nitrogens with zero attached hydrogens (tertiary/aromatic N) is 2. The van der Waals surface area contributed by atoms with E-state index >= 15 is 0 Å². The van der Waals surface area contributed by atoms with Crippen LogP contribution >= 0.6 is 22.6 Å². The summed E-state index contributed by atoms with van der Waals surface area (Å²) in [5, 5.41) is 3.57. The first-order chi connectivity index (χ1) is 6.27. The smallest absolute Gasteiger partial charge is 0.261 e. The van der Waals surface area contributed by atoms with Gasteiger partial charge >= 0.3 is 0 Å². The van der Waals surface area contributed by atoms with Crippen molar-refractivity contribution in [1.29, 1.82) is 0 Å². The van der Waals surface area contributed by atoms with E-state index in [1.54, 1.807) is 18.2 Å². The van der Waals surface area contributed by atoms with Crippen molar-refractivity contribution in [2.24, 2.45) is 0 Å². The molecule has 2 aromatic rings. The lowest BCUT2D eigenvalue weighted by Gasteiger charge is -1.93. The van der Waals surface area contributed by atoms with Gasteiger partial charge in [0.05, 0.1) is 5.56 Å². The van der Waals surface area contributed by atoms with E-state index in [2.05, 4.69) is 10.1 Å². The number of halogens is 2. The molecule has 1 heterocycles. The van der Waals surface area contributed by atoms with Gasteiger partial charge in [0.15, 0.2) is 0 Å². The summed E-state index contributed by atoms with van der Waals surface area (Å²) in [5.41, 5.74) is 0.331. The zero-order chi connectivity index (χ0) is 9.26. The minimum atomic E-state index is -0.359. The maximum absolute atomic E-state index is 13.2. The second kappa shape index (κ2) is 3.41. The van der Waals surface area contributed by atoms with Crippen LogP contribution in [-0.4, -0.2) is 10.1 Å². The lowest BCUT2D eigenvalue weighted by Crippen LogP contribution is -1.82. The van der Waals surface area contributed by atoms with Gasteiger partial charge in [0.1, 0.15) is 5.82 Å². The predicted octanol–water partition coefficient (Wildman–Crippen LogP) is 2.48. The highest BCUT2D eigenvalue weighted by Gasteiger charge is 2.10. The molecule has 0 aliphatic rings. The second-order valence-corrected chi connectivity index (χ2v) is 3.31. The standard InChI is InChI=1S/C8H4FIN2O/c9-6-4-2-1-3-5(6)7-11-8(10)12-13-7/h1-4H. The molecular formula is C8H4FIN2O. The monoisotopic (exact) mass is 290 g/mol. The van der Waals surface area contributed by atoms with Crippen molar-refractivity contribution < 1.29 is 8.91 Å². The van der Waals surface area contributed by atoms with E-state index in [0.29, 0.717) is 9.39 Å². The van der Waals surface area contributed by atoms with Gasteiger partial charge in [-0.15, -0.1) is 0 Å². The van der Waals surface area contributed by atoms with E-state index < -0.39 is 0 Å². The van der Waals surface area contributed by atoms with Crippen LogP contribution in [0.5, 0.6) is 0 Å². The summed E-state index contributed by atoms with van der Waals surface area (Å²) in [6.07, 6.45) is 0. The highest BCUT2D eigenvalue weighted by molar-refractivity contribution is 14.1. The summed E-state index contributed by atoms with van der Waals surface area (Å²) in [5.74, 6) is -0.148. The molecule has 0 saturated carbocycles. The molecule has 0 spiro atoms. The van der Waals surface area contributed by atoms with Gasteiger partial charge in [-0.1, -0.05) is 17.3 Å². The van der Waals surface area contributed by atoms with Crippen molar-refractivity contribution >= 4 is 22.6 Å². The fourth-order valence-corrected chi connectivity index (χ4v) is 1.27. The number of hydrogen-bond acceptors (Lipinski definition) is 3. The van der Waals surface area contributed by atoms with Gasteiger partial charge in [-0.25, -0.2) is 4.39 Å². The molecule has 0 aliphatic heterocycles. The van der Waals surface area contributed by atoms with Crippen LogP contribution in [0.3, 0.4) is 0 Å². The molecule has 0 saturated heterocycles. The van der Waals surface area contributed by atoms with Crippen LogP contribution < -0.4 is 0 Å². The fourth-order valence-electron chi connectivity index (χ4n) is 0.950. The third kappa shape index (κ3) is 1.69. The summed E-state index contributed by atoms with van der Waals surface area (Å²) in [6.45, 7) is 0. The molecule has 0 aliphatic carbocycles. The van der Waals surface area contributed by atoms with Crippen LogP contribution in [0.1, 0.15) is 0 Å². The van der Waals surface area contributed by atoms with Crippen LogP contribution in [0.2, 0.25) is 0 Å². The average Bonchev–Trinajstić information content (AvgIpc) is 2.53. The highest BCUT2D eigenvalue weighted by atomic mass is 127. The molecule has 5 heteroatoms. The Hall–Kier alpha value is -0.980. The SMILES string of the molecule is Fc1ccccc1-c1nc(I)no1. The molecule has 66 valence electrons. The molecule has 1 aromatic heterocycles. The number of benzene rings is 1. The first kappa shape index (κ1) is 8.61. The molecule has 0 bridgehead atoms. The van der Waals surface area contributed by atoms with E-state index in [1.165, 1.54) is 6.07 Å². The molecule has 2 rings (SSSR count). The Morgan fingerprint density at radius 1 is 1.31 bits per heavy atom. The minimum absolute atomic E-state index is 0.211. The average molecular weight is 290 g/mol. The van der Waals surface area contributed by atoms with Crippen LogP contribution in [0.4, 0.5) is 4.39 Å². The number of aromatic nitrogens is 2. The lowest BCUT2D eigenvalue weighted by atomic mass is 10.2. The maximum Gasteiger partial charge on any atom is 0.261 e. The van der Waals surface area contributed by atoms with Crippen LogP contribution in [-0.2, 0) is 0 Å². The minimum Gasteiger partial charge on any atom is -0.333 e. The summed E-state index contributed by atoms with van der Waals surface area (Å²) in [4.78, 5) is 3.91. The first-order valence-electron chi connectivity index (χ1n) is 3.51. The zero-order valence-corrected chi connectivity index (χ0v) is 8.53.